The van der Waals surface area contributed by atoms with Gasteiger partial charge in [0.1, 0.15) is 24.2 Å². The third-order valence-corrected chi connectivity index (χ3v) is 5.18. The Morgan fingerprint density at radius 1 is 1.35 bits per heavy atom. The van der Waals surface area contributed by atoms with E-state index in [0.29, 0.717) is 35.9 Å². The van der Waals surface area contributed by atoms with E-state index in [9.17, 15) is 27.1 Å². The normalized spacial score (nSPS) is 21.3. The third-order valence-electron chi connectivity index (χ3n) is 3.80. The molecule has 3 rings (SSSR count). The molecule has 2 heterocycles. The number of rotatable bonds is 4. The molecule has 23 heavy (non-hydrogen) atoms. The van der Waals surface area contributed by atoms with E-state index in [1.807, 2.05) is 4.90 Å². The van der Waals surface area contributed by atoms with Gasteiger partial charge in [-0.1, -0.05) is 0 Å². The molecule has 7 nitrogen and oxygen atoms in total. The number of nitrogens with zero attached hydrogens (tertiary/aromatic N) is 2. The predicted molar refractivity (Wildman–Crippen MR) is 77.5 cm³/mol. The van der Waals surface area contributed by atoms with Crippen LogP contribution in [0.25, 0.3) is 0 Å². The number of benzene rings is 1. The fourth-order valence-corrected chi connectivity index (χ4v) is 3.82. The molecule has 0 unspecified atom stereocenters. The molecule has 0 saturated carbocycles. The van der Waals surface area contributed by atoms with Crippen LogP contribution in [-0.2, 0) is 21.4 Å². The smallest absolute Gasteiger partial charge is 0.326 e. The Kier molecular flexibility index (Phi) is 3.88. The molecule has 1 aromatic rings. The second-order valence-electron chi connectivity index (χ2n) is 5.59. The molecule has 2 aliphatic rings. The lowest BCUT2D eigenvalue weighted by Crippen LogP contribution is -2.48. The Hall–Kier alpha value is -1.94. The monoisotopic (exact) mass is 347 g/mol. The van der Waals surface area contributed by atoms with Gasteiger partial charge in [-0.05, 0) is 24.1 Å². The van der Waals surface area contributed by atoms with Crippen molar-refractivity contribution >= 4 is 21.8 Å². The Labute approximate surface area is 131 Å². The number of aromatic hydroxyl groups is 1. The van der Waals surface area contributed by atoms with Gasteiger partial charge in [0.15, 0.2) is 5.82 Å². The standard InChI is InChI=1S/C13H15F2N3O4S/c14-9-5-17(6-9)2-1-8-3-10(15)13(11(19)4-8)18-7-12(20)16-23(18,21)22/h3-4,9,19H,1-2,5-7H2,(H,16,20). The van der Waals surface area contributed by atoms with Crippen molar-refractivity contribution in [2.24, 2.45) is 0 Å². The molecule has 2 aliphatic heterocycles. The van der Waals surface area contributed by atoms with Crippen LogP contribution in [0.5, 0.6) is 5.75 Å². The zero-order valence-electron chi connectivity index (χ0n) is 12.0. The number of nitrogens with one attached hydrogen (secondary N) is 1. The van der Waals surface area contributed by atoms with Gasteiger partial charge in [-0.25, -0.2) is 17.8 Å². The van der Waals surface area contributed by atoms with Crippen LogP contribution in [0.15, 0.2) is 12.1 Å². The van der Waals surface area contributed by atoms with Crippen LogP contribution in [-0.4, -0.2) is 56.7 Å². The maximum absolute atomic E-state index is 14.2. The molecule has 10 heteroatoms. The first-order valence-corrected chi connectivity index (χ1v) is 8.41. The van der Waals surface area contributed by atoms with E-state index < -0.39 is 46.1 Å². The van der Waals surface area contributed by atoms with Gasteiger partial charge < -0.3 is 5.11 Å². The second-order valence-corrected chi connectivity index (χ2v) is 7.18. The van der Waals surface area contributed by atoms with Gasteiger partial charge >= 0.3 is 10.2 Å². The number of amides is 1. The number of halogens is 2. The van der Waals surface area contributed by atoms with Crippen molar-refractivity contribution in [3.05, 3.63) is 23.5 Å². The van der Waals surface area contributed by atoms with Crippen LogP contribution in [0.3, 0.4) is 0 Å². The Bertz CT molecular complexity index is 727. The van der Waals surface area contributed by atoms with Gasteiger partial charge in [0, 0.05) is 19.6 Å². The Morgan fingerprint density at radius 2 is 2.04 bits per heavy atom. The van der Waals surface area contributed by atoms with E-state index in [1.165, 1.54) is 6.07 Å². The van der Waals surface area contributed by atoms with Crippen molar-refractivity contribution < 1.29 is 27.1 Å². The summed E-state index contributed by atoms with van der Waals surface area (Å²) in [4.78, 5) is 13.1. The molecule has 126 valence electrons. The molecule has 0 aromatic heterocycles. The highest BCUT2D eigenvalue weighted by Crippen LogP contribution is 2.34. The molecule has 2 N–H and O–H groups in total. The fourth-order valence-electron chi connectivity index (χ4n) is 2.65. The van der Waals surface area contributed by atoms with E-state index in [1.54, 1.807) is 4.72 Å². The second kappa shape index (κ2) is 5.60. The van der Waals surface area contributed by atoms with Gasteiger partial charge in [-0.3, -0.25) is 9.69 Å². The minimum Gasteiger partial charge on any atom is -0.506 e. The van der Waals surface area contributed by atoms with Crippen molar-refractivity contribution in [3.63, 3.8) is 0 Å². The first kappa shape index (κ1) is 15.9. The molecular formula is C13H15F2N3O4S. The molecule has 0 aliphatic carbocycles. The van der Waals surface area contributed by atoms with Crippen molar-refractivity contribution in [1.82, 2.24) is 9.62 Å². The average molecular weight is 347 g/mol. The summed E-state index contributed by atoms with van der Waals surface area (Å²) in [6, 6.07) is 2.36. The van der Waals surface area contributed by atoms with Crippen molar-refractivity contribution in [2.75, 3.05) is 30.5 Å². The van der Waals surface area contributed by atoms with E-state index in [4.69, 9.17) is 0 Å². The van der Waals surface area contributed by atoms with Crippen LogP contribution in [0, 0.1) is 5.82 Å². The summed E-state index contributed by atoms with van der Waals surface area (Å²) in [7, 11) is -4.19. The van der Waals surface area contributed by atoms with Gasteiger partial charge in [0.25, 0.3) is 5.91 Å². The summed E-state index contributed by atoms with van der Waals surface area (Å²) in [6.07, 6.45) is -0.436. The SMILES string of the molecule is O=C1CN(c2c(O)cc(CCN3CC(F)C3)cc2F)S(=O)(=O)N1. The summed E-state index contributed by atoms with van der Waals surface area (Å²) in [5.41, 5.74) is -0.0955. The van der Waals surface area contributed by atoms with Crippen LogP contribution >= 0.6 is 0 Å². The van der Waals surface area contributed by atoms with E-state index in [2.05, 4.69) is 0 Å². The van der Waals surface area contributed by atoms with E-state index >= 15 is 0 Å². The van der Waals surface area contributed by atoms with Crippen LogP contribution in [0.1, 0.15) is 5.56 Å². The highest BCUT2D eigenvalue weighted by atomic mass is 32.2. The van der Waals surface area contributed by atoms with Gasteiger partial charge in [-0.15, -0.1) is 0 Å². The van der Waals surface area contributed by atoms with Crippen molar-refractivity contribution in [2.45, 2.75) is 12.6 Å². The summed E-state index contributed by atoms with van der Waals surface area (Å²) in [5.74, 6) is -2.30. The summed E-state index contributed by atoms with van der Waals surface area (Å²) < 4.78 is 52.6. The summed E-state index contributed by atoms with van der Waals surface area (Å²) in [6.45, 7) is 0.608. The molecular weight excluding hydrogens is 332 g/mol. The minimum atomic E-state index is -4.19. The Balaban J connectivity index is 1.79. The topological polar surface area (TPSA) is 90.0 Å². The molecule has 0 bridgehead atoms. The molecule has 2 fully saturated rings. The minimum absolute atomic E-state index is 0.340. The van der Waals surface area contributed by atoms with Crippen LogP contribution in [0.2, 0.25) is 0 Å². The first-order valence-electron chi connectivity index (χ1n) is 6.97. The molecule has 0 radical (unpaired) electrons. The van der Waals surface area contributed by atoms with Gasteiger partial charge in [0.05, 0.1) is 0 Å². The molecule has 0 spiro atoms. The zero-order valence-corrected chi connectivity index (χ0v) is 12.8. The largest absolute Gasteiger partial charge is 0.506 e. The number of alkyl halides is 1. The average Bonchev–Trinajstić information content (AvgIpc) is 2.66. The lowest BCUT2D eigenvalue weighted by molar-refractivity contribution is -0.117. The van der Waals surface area contributed by atoms with Crippen LogP contribution < -0.4 is 9.03 Å². The highest BCUT2D eigenvalue weighted by Gasteiger charge is 2.37. The summed E-state index contributed by atoms with van der Waals surface area (Å²) >= 11 is 0. The van der Waals surface area contributed by atoms with Crippen molar-refractivity contribution in [3.8, 4) is 5.75 Å². The number of phenols is 1. The molecule has 1 amide bonds. The number of carbonyl (C=O) groups excluding carboxylic acids is 1. The number of phenolic OH excluding ortho intramolecular Hbond substituents is 1. The van der Waals surface area contributed by atoms with E-state index in [-0.39, 0.29) is 0 Å². The molecule has 1 aromatic carbocycles. The fraction of sp³-hybridized carbons (Fsp3) is 0.462. The maximum atomic E-state index is 14.2. The summed E-state index contributed by atoms with van der Waals surface area (Å²) in [5, 5.41) is 9.97. The number of likely N-dealkylation sites (tertiary alicyclic amines) is 1. The number of hydrogen-bond donors (Lipinski definition) is 2. The molecule has 0 atom stereocenters. The number of carbonyl (C=O) groups is 1. The quantitative estimate of drug-likeness (QED) is 0.794. The number of hydrogen-bond acceptors (Lipinski definition) is 5. The van der Waals surface area contributed by atoms with Crippen molar-refractivity contribution in [1.29, 1.82) is 0 Å². The lowest BCUT2D eigenvalue weighted by Gasteiger charge is -2.34. The van der Waals surface area contributed by atoms with Gasteiger partial charge in [-0.2, -0.15) is 8.42 Å². The Morgan fingerprint density at radius 3 is 2.57 bits per heavy atom. The zero-order chi connectivity index (χ0) is 16.8. The van der Waals surface area contributed by atoms with Gasteiger partial charge in [0.2, 0.25) is 0 Å². The first-order chi connectivity index (χ1) is 10.8. The van der Waals surface area contributed by atoms with E-state index in [0.717, 1.165) is 6.07 Å². The predicted octanol–water partition coefficient (Wildman–Crippen LogP) is -0.0915. The van der Waals surface area contributed by atoms with Crippen LogP contribution in [0.4, 0.5) is 14.5 Å². The third kappa shape index (κ3) is 3.08. The highest BCUT2D eigenvalue weighted by molar-refractivity contribution is 7.92. The maximum Gasteiger partial charge on any atom is 0.326 e. The molecule has 2 saturated heterocycles. The lowest BCUT2D eigenvalue weighted by atomic mass is 10.1. The number of anilines is 1.